The second-order valence-electron chi connectivity index (χ2n) is 8.85. The summed E-state index contributed by atoms with van der Waals surface area (Å²) < 4.78 is 0. The van der Waals surface area contributed by atoms with Crippen molar-refractivity contribution in [2.45, 2.75) is 38.6 Å². The Kier molecular flexibility index (Phi) is 7.83. The molecule has 2 heterocycles. The number of nitrogens with one attached hydrogen (secondary N) is 2. The number of hydrogen-bond acceptors (Lipinski definition) is 7. The summed E-state index contributed by atoms with van der Waals surface area (Å²) in [7, 11) is 0. The van der Waals surface area contributed by atoms with Gasteiger partial charge in [0.1, 0.15) is 6.54 Å². The molecule has 0 aliphatic carbocycles. The van der Waals surface area contributed by atoms with E-state index in [9.17, 15) is 19.8 Å². The van der Waals surface area contributed by atoms with Gasteiger partial charge >= 0.3 is 0 Å². The van der Waals surface area contributed by atoms with Gasteiger partial charge in [0.15, 0.2) is 0 Å². The van der Waals surface area contributed by atoms with E-state index in [4.69, 9.17) is 11.6 Å². The lowest BCUT2D eigenvalue weighted by Gasteiger charge is -2.23. The lowest BCUT2D eigenvalue weighted by Crippen LogP contribution is -2.41. The van der Waals surface area contributed by atoms with E-state index >= 15 is 0 Å². The van der Waals surface area contributed by atoms with Gasteiger partial charge in [0.05, 0.1) is 35.7 Å². The molecule has 4 N–H and O–H groups in total. The fourth-order valence-corrected chi connectivity index (χ4v) is 4.28. The molecule has 0 saturated heterocycles. The van der Waals surface area contributed by atoms with Gasteiger partial charge in [-0.25, -0.2) is 9.97 Å². The van der Waals surface area contributed by atoms with Gasteiger partial charge in [-0.15, -0.1) is 0 Å². The molecule has 0 bridgehead atoms. The Morgan fingerprint density at radius 3 is 2.64 bits per heavy atom. The van der Waals surface area contributed by atoms with Crippen molar-refractivity contribution >= 4 is 29.4 Å². The van der Waals surface area contributed by atoms with Gasteiger partial charge in [-0.1, -0.05) is 54.1 Å². The number of anilines is 1. The van der Waals surface area contributed by atoms with Crippen LogP contribution >= 0.6 is 11.6 Å². The first-order chi connectivity index (χ1) is 17.3. The molecule has 2 amide bonds. The van der Waals surface area contributed by atoms with Gasteiger partial charge in [-0.05, 0) is 31.0 Å². The van der Waals surface area contributed by atoms with Crippen LogP contribution in [0.4, 0.5) is 5.95 Å². The number of carbonyl (C=O) groups excluding carboxylic acids is 2. The van der Waals surface area contributed by atoms with Crippen molar-refractivity contribution in [3.63, 3.8) is 0 Å². The minimum absolute atomic E-state index is 0.0820. The number of halogens is 1. The van der Waals surface area contributed by atoms with Gasteiger partial charge < -0.3 is 25.7 Å². The number of rotatable bonds is 9. The molecule has 0 fully saturated rings. The molecule has 188 valence electrons. The molecule has 9 nitrogen and oxygen atoms in total. The smallest absolute Gasteiger partial charge is 0.254 e. The number of hydrogen-bond donors (Lipinski definition) is 4. The summed E-state index contributed by atoms with van der Waals surface area (Å²) in [5.74, 6) is -0.321. The quantitative estimate of drug-likeness (QED) is 0.349. The summed E-state index contributed by atoms with van der Waals surface area (Å²) in [5, 5.41) is 25.6. The van der Waals surface area contributed by atoms with Crippen LogP contribution in [0.2, 0.25) is 5.02 Å². The molecule has 0 saturated carbocycles. The third kappa shape index (κ3) is 5.64. The van der Waals surface area contributed by atoms with Crippen molar-refractivity contribution < 1.29 is 19.8 Å². The molecule has 1 aliphatic heterocycles. The first kappa shape index (κ1) is 25.6. The Morgan fingerprint density at radius 2 is 1.94 bits per heavy atom. The lowest BCUT2D eigenvalue weighted by molar-refractivity contribution is -0.123. The monoisotopic (exact) mass is 509 g/mol. The standard InChI is InChI=1S/C26H28ClN5O4/c1-15(14-33)29-26-28-11-21(27)24(31-26)18-8-9-19-12-32(25(36)20(19)10-18)13-22(35)30-23(16(2)34)17-6-4-3-5-7-17/h3-11,15-16,23,33-34H,12-14H2,1-2H3,(H,30,35)(H,28,29,31). The van der Waals surface area contributed by atoms with Crippen molar-refractivity contribution in [1.82, 2.24) is 20.2 Å². The largest absolute Gasteiger partial charge is 0.394 e. The fourth-order valence-electron chi connectivity index (χ4n) is 4.08. The Morgan fingerprint density at radius 1 is 1.19 bits per heavy atom. The topological polar surface area (TPSA) is 128 Å². The van der Waals surface area contributed by atoms with E-state index < -0.39 is 12.1 Å². The van der Waals surface area contributed by atoms with Crippen molar-refractivity contribution in [3.8, 4) is 11.3 Å². The minimum atomic E-state index is -0.803. The maximum Gasteiger partial charge on any atom is 0.254 e. The Hall–Kier alpha value is -3.53. The molecule has 3 unspecified atom stereocenters. The lowest BCUT2D eigenvalue weighted by atomic mass is 10.0. The Labute approximate surface area is 214 Å². The zero-order valence-corrected chi connectivity index (χ0v) is 20.7. The van der Waals surface area contributed by atoms with E-state index in [1.807, 2.05) is 42.5 Å². The molecule has 10 heteroatoms. The van der Waals surface area contributed by atoms with Crippen LogP contribution in [-0.4, -0.2) is 62.2 Å². The van der Waals surface area contributed by atoms with Crippen LogP contribution in [0.1, 0.15) is 41.4 Å². The summed E-state index contributed by atoms with van der Waals surface area (Å²) in [6, 6.07) is 13.7. The third-order valence-electron chi connectivity index (χ3n) is 5.95. The molecule has 2 aromatic carbocycles. The van der Waals surface area contributed by atoms with Gasteiger partial charge in [-0.3, -0.25) is 9.59 Å². The van der Waals surface area contributed by atoms with E-state index in [1.54, 1.807) is 19.9 Å². The summed E-state index contributed by atoms with van der Waals surface area (Å²) in [6.45, 7) is 3.48. The van der Waals surface area contributed by atoms with E-state index in [-0.39, 0.29) is 31.0 Å². The average molecular weight is 510 g/mol. The highest BCUT2D eigenvalue weighted by Gasteiger charge is 2.30. The predicted molar refractivity (Wildman–Crippen MR) is 136 cm³/mol. The summed E-state index contributed by atoms with van der Waals surface area (Å²) in [5.41, 5.74) is 3.14. The summed E-state index contributed by atoms with van der Waals surface area (Å²) in [4.78, 5) is 36.0. The van der Waals surface area contributed by atoms with E-state index in [0.29, 0.717) is 34.3 Å². The van der Waals surface area contributed by atoms with Gasteiger partial charge in [-0.2, -0.15) is 0 Å². The predicted octanol–water partition coefficient (Wildman–Crippen LogP) is 2.78. The van der Waals surface area contributed by atoms with E-state index in [0.717, 1.165) is 11.1 Å². The third-order valence-corrected chi connectivity index (χ3v) is 6.22. The number of benzene rings is 2. The second kappa shape index (κ2) is 11.0. The van der Waals surface area contributed by atoms with Crippen LogP contribution in [0, 0.1) is 0 Å². The molecule has 0 radical (unpaired) electrons. The highest BCUT2D eigenvalue weighted by Crippen LogP contribution is 2.31. The fraction of sp³-hybridized carbons (Fsp3) is 0.308. The van der Waals surface area contributed by atoms with Crippen molar-refractivity contribution in [2.24, 2.45) is 0 Å². The number of fused-ring (bicyclic) bond motifs is 1. The number of nitrogens with zero attached hydrogens (tertiary/aromatic N) is 3. The highest BCUT2D eigenvalue weighted by molar-refractivity contribution is 6.33. The Bertz CT molecular complexity index is 1250. The first-order valence-electron chi connectivity index (χ1n) is 11.6. The van der Waals surface area contributed by atoms with Crippen molar-refractivity contribution in [1.29, 1.82) is 0 Å². The van der Waals surface area contributed by atoms with Crippen LogP contribution in [0.15, 0.2) is 54.7 Å². The molecule has 0 spiro atoms. The van der Waals surface area contributed by atoms with Crippen molar-refractivity contribution in [3.05, 3.63) is 76.4 Å². The second-order valence-corrected chi connectivity index (χ2v) is 9.25. The molecule has 36 heavy (non-hydrogen) atoms. The minimum Gasteiger partial charge on any atom is -0.394 e. The van der Waals surface area contributed by atoms with Gasteiger partial charge in [0.25, 0.3) is 5.91 Å². The van der Waals surface area contributed by atoms with Crippen molar-refractivity contribution in [2.75, 3.05) is 18.5 Å². The van der Waals surface area contributed by atoms with E-state index in [1.165, 1.54) is 11.1 Å². The number of aliphatic hydroxyl groups is 2. The highest BCUT2D eigenvalue weighted by atomic mass is 35.5. The van der Waals surface area contributed by atoms with Crippen LogP contribution in [0.25, 0.3) is 11.3 Å². The molecule has 1 aliphatic rings. The van der Waals surface area contributed by atoms with Crippen LogP contribution < -0.4 is 10.6 Å². The number of aromatic nitrogens is 2. The zero-order valence-electron chi connectivity index (χ0n) is 20.0. The molecule has 3 aromatic rings. The van der Waals surface area contributed by atoms with Crippen LogP contribution in [-0.2, 0) is 11.3 Å². The van der Waals surface area contributed by atoms with Gasteiger partial charge in [0, 0.05) is 23.7 Å². The maximum atomic E-state index is 13.1. The number of aliphatic hydroxyl groups excluding tert-OH is 2. The molecular weight excluding hydrogens is 482 g/mol. The van der Waals surface area contributed by atoms with Gasteiger partial charge in [0.2, 0.25) is 11.9 Å². The Balaban J connectivity index is 1.49. The normalized spacial score (nSPS) is 15.2. The summed E-state index contributed by atoms with van der Waals surface area (Å²) >= 11 is 6.34. The SMILES string of the molecule is CC(CO)Nc1ncc(Cl)c(-c2ccc3c(c2)C(=O)N(CC(=O)NC(c2ccccc2)C(C)O)C3)n1. The molecule has 1 aromatic heterocycles. The number of carbonyl (C=O) groups is 2. The average Bonchev–Trinajstić information content (AvgIpc) is 3.18. The summed E-state index contributed by atoms with van der Waals surface area (Å²) in [6.07, 6.45) is 0.663. The maximum absolute atomic E-state index is 13.1. The molecular formula is C26H28ClN5O4. The van der Waals surface area contributed by atoms with Crippen LogP contribution in [0.3, 0.4) is 0 Å². The first-order valence-corrected chi connectivity index (χ1v) is 12.0. The molecule has 4 rings (SSSR count). The molecule has 3 atom stereocenters. The zero-order chi connectivity index (χ0) is 25.8. The number of amides is 2. The van der Waals surface area contributed by atoms with E-state index in [2.05, 4.69) is 20.6 Å². The van der Waals surface area contributed by atoms with Crippen LogP contribution in [0.5, 0.6) is 0 Å².